The highest BCUT2D eigenvalue weighted by molar-refractivity contribution is 7.09. The van der Waals surface area contributed by atoms with Gasteiger partial charge in [-0.2, -0.15) is 4.37 Å². The van der Waals surface area contributed by atoms with Crippen molar-refractivity contribution in [1.82, 2.24) is 14.7 Å². The quantitative estimate of drug-likeness (QED) is 0.669. The van der Waals surface area contributed by atoms with Gasteiger partial charge in [-0.1, -0.05) is 60.7 Å². The Labute approximate surface area is 169 Å². The molecule has 0 unspecified atom stereocenters. The van der Waals surface area contributed by atoms with E-state index >= 15 is 0 Å². The second-order valence-electron chi connectivity index (χ2n) is 7.03. The molecular weight excluding hydrogens is 368 g/mol. The summed E-state index contributed by atoms with van der Waals surface area (Å²) in [4.78, 5) is 19.5. The normalized spacial score (nSPS) is 16.3. The Kier molecular flexibility index (Phi) is 5.97. The minimum atomic E-state index is -0.145. The molecule has 0 radical (unpaired) electrons. The van der Waals surface area contributed by atoms with Gasteiger partial charge in [-0.25, -0.2) is 4.98 Å². The Balaban J connectivity index is 1.34. The number of carbonyl (C=O) groups is 1. The summed E-state index contributed by atoms with van der Waals surface area (Å²) in [5.41, 5.74) is 2.43. The summed E-state index contributed by atoms with van der Waals surface area (Å²) < 4.78 is 4.51. The highest BCUT2D eigenvalue weighted by atomic mass is 32.1. The number of amides is 1. The largest absolute Gasteiger partial charge is 0.354 e. The molecule has 144 valence electrons. The maximum absolute atomic E-state index is 12.7. The average Bonchev–Trinajstić information content (AvgIpc) is 3.39. The van der Waals surface area contributed by atoms with E-state index < -0.39 is 0 Å². The Hall–Kier alpha value is -2.73. The number of hydrogen-bond donors (Lipinski definition) is 1. The maximum atomic E-state index is 12.7. The molecule has 6 heteroatoms. The molecule has 0 spiro atoms. The summed E-state index contributed by atoms with van der Waals surface area (Å²) in [6.45, 7) is 1.51. The molecule has 5 nitrogen and oxygen atoms in total. The van der Waals surface area contributed by atoms with Crippen LogP contribution in [0.15, 0.2) is 60.7 Å². The fourth-order valence-electron chi connectivity index (χ4n) is 3.57. The molecule has 28 heavy (non-hydrogen) atoms. The van der Waals surface area contributed by atoms with E-state index in [2.05, 4.69) is 38.9 Å². The molecule has 1 N–H and O–H groups in total. The first-order valence-corrected chi connectivity index (χ1v) is 10.5. The van der Waals surface area contributed by atoms with Crippen molar-refractivity contribution in [2.75, 3.05) is 18.0 Å². The molecule has 0 bridgehead atoms. The smallest absolute Gasteiger partial charge is 0.242 e. The van der Waals surface area contributed by atoms with Gasteiger partial charge in [0.15, 0.2) is 0 Å². The van der Waals surface area contributed by atoms with E-state index in [9.17, 15) is 4.79 Å². The molecule has 1 amide bonds. The van der Waals surface area contributed by atoms with Crippen LogP contribution in [0.1, 0.15) is 29.8 Å². The number of nitrogens with zero attached hydrogens (tertiary/aromatic N) is 3. The van der Waals surface area contributed by atoms with Gasteiger partial charge in [-0.05, 0) is 30.4 Å². The van der Waals surface area contributed by atoms with E-state index in [1.165, 1.54) is 22.7 Å². The van der Waals surface area contributed by atoms with Gasteiger partial charge in [0.05, 0.1) is 0 Å². The summed E-state index contributed by atoms with van der Waals surface area (Å²) in [6.07, 6.45) is 3.44. The highest BCUT2D eigenvalue weighted by Gasteiger charge is 2.32. The van der Waals surface area contributed by atoms with Crippen LogP contribution < -0.4 is 10.2 Å². The van der Waals surface area contributed by atoms with Crippen molar-refractivity contribution in [2.45, 2.75) is 31.7 Å². The topological polar surface area (TPSA) is 58.1 Å². The summed E-state index contributed by atoms with van der Waals surface area (Å²) in [6, 6.07) is 20.3. The van der Waals surface area contributed by atoms with E-state index in [0.717, 1.165) is 43.2 Å². The van der Waals surface area contributed by atoms with Crippen LogP contribution >= 0.6 is 11.5 Å². The van der Waals surface area contributed by atoms with Crippen LogP contribution in [-0.4, -0.2) is 34.4 Å². The predicted octanol–water partition coefficient (Wildman–Crippen LogP) is 3.46. The number of aromatic nitrogens is 2. The van der Waals surface area contributed by atoms with Gasteiger partial charge in [-0.15, -0.1) is 0 Å². The SMILES string of the molecule is O=C(NCCc1ccccc1)[C@@H]1CCCN1c1nc(Cc2ccccc2)ns1. The molecule has 4 rings (SSSR count). The minimum Gasteiger partial charge on any atom is -0.354 e. The lowest BCUT2D eigenvalue weighted by Gasteiger charge is -2.22. The summed E-state index contributed by atoms with van der Waals surface area (Å²) in [5.74, 6) is 0.912. The van der Waals surface area contributed by atoms with Gasteiger partial charge in [0, 0.05) is 31.0 Å². The van der Waals surface area contributed by atoms with E-state index in [4.69, 9.17) is 4.98 Å². The zero-order valence-electron chi connectivity index (χ0n) is 15.8. The summed E-state index contributed by atoms with van der Waals surface area (Å²) >= 11 is 1.39. The molecule has 1 aliphatic rings. The number of nitrogens with one attached hydrogen (secondary N) is 1. The van der Waals surface area contributed by atoms with E-state index in [-0.39, 0.29) is 11.9 Å². The van der Waals surface area contributed by atoms with Gasteiger partial charge in [0.25, 0.3) is 0 Å². The monoisotopic (exact) mass is 392 g/mol. The predicted molar refractivity (Wildman–Crippen MR) is 113 cm³/mol. The highest BCUT2D eigenvalue weighted by Crippen LogP contribution is 2.27. The fraction of sp³-hybridized carbons (Fsp3) is 0.318. The molecule has 1 saturated heterocycles. The average molecular weight is 393 g/mol. The van der Waals surface area contributed by atoms with Crippen molar-refractivity contribution < 1.29 is 4.79 Å². The molecular formula is C22H24N4OS. The molecule has 2 aromatic carbocycles. The van der Waals surface area contributed by atoms with Gasteiger partial charge in [0.2, 0.25) is 11.0 Å². The van der Waals surface area contributed by atoms with Crippen LogP contribution in [0.4, 0.5) is 5.13 Å². The van der Waals surface area contributed by atoms with Crippen molar-refractivity contribution in [3.05, 3.63) is 77.6 Å². The third-order valence-electron chi connectivity index (χ3n) is 5.02. The number of hydrogen-bond acceptors (Lipinski definition) is 5. The van der Waals surface area contributed by atoms with E-state index in [1.54, 1.807) is 0 Å². The molecule has 1 fully saturated rings. The van der Waals surface area contributed by atoms with E-state index in [1.807, 2.05) is 36.4 Å². The van der Waals surface area contributed by atoms with Gasteiger partial charge >= 0.3 is 0 Å². The Morgan fingerprint density at radius 3 is 2.54 bits per heavy atom. The third kappa shape index (κ3) is 4.57. The fourth-order valence-corrected chi connectivity index (χ4v) is 4.33. The lowest BCUT2D eigenvalue weighted by molar-refractivity contribution is -0.122. The maximum Gasteiger partial charge on any atom is 0.242 e. The first-order valence-electron chi connectivity index (χ1n) is 9.74. The molecule has 2 heterocycles. The Morgan fingerprint density at radius 1 is 1.07 bits per heavy atom. The number of carbonyl (C=O) groups excluding carboxylic acids is 1. The second kappa shape index (κ2) is 8.97. The van der Waals surface area contributed by atoms with Crippen molar-refractivity contribution >= 4 is 22.6 Å². The summed E-state index contributed by atoms with van der Waals surface area (Å²) in [5, 5.41) is 3.95. The first-order chi connectivity index (χ1) is 13.8. The Bertz CT molecular complexity index is 897. The molecule has 0 aliphatic carbocycles. The molecule has 0 saturated carbocycles. The van der Waals surface area contributed by atoms with E-state index in [0.29, 0.717) is 6.54 Å². The lowest BCUT2D eigenvalue weighted by Crippen LogP contribution is -2.44. The zero-order chi connectivity index (χ0) is 19.2. The van der Waals surface area contributed by atoms with Crippen molar-refractivity contribution in [3.63, 3.8) is 0 Å². The van der Waals surface area contributed by atoms with Crippen LogP contribution in [-0.2, 0) is 17.6 Å². The van der Waals surface area contributed by atoms with Crippen molar-refractivity contribution in [3.8, 4) is 0 Å². The van der Waals surface area contributed by atoms with Crippen LogP contribution in [0.5, 0.6) is 0 Å². The first kappa shape index (κ1) is 18.6. The van der Waals surface area contributed by atoms with Gasteiger partial charge < -0.3 is 10.2 Å². The number of benzene rings is 2. The third-order valence-corrected chi connectivity index (χ3v) is 5.81. The van der Waals surface area contributed by atoms with Crippen molar-refractivity contribution in [1.29, 1.82) is 0 Å². The second-order valence-corrected chi connectivity index (χ2v) is 7.76. The van der Waals surface area contributed by atoms with Gasteiger partial charge in [0.1, 0.15) is 11.9 Å². The summed E-state index contributed by atoms with van der Waals surface area (Å²) in [7, 11) is 0. The van der Waals surface area contributed by atoms with Crippen LogP contribution in [0.25, 0.3) is 0 Å². The van der Waals surface area contributed by atoms with Crippen LogP contribution in [0.2, 0.25) is 0 Å². The lowest BCUT2D eigenvalue weighted by atomic mass is 10.1. The number of anilines is 1. The Morgan fingerprint density at radius 2 is 1.79 bits per heavy atom. The minimum absolute atomic E-state index is 0.0910. The molecule has 3 aromatic rings. The molecule has 1 atom stereocenters. The van der Waals surface area contributed by atoms with Crippen LogP contribution in [0.3, 0.4) is 0 Å². The van der Waals surface area contributed by atoms with Crippen LogP contribution in [0, 0.1) is 0 Å². The van der Waals surface area contributed by atoms with Crippen molar-refractivity contribution in [2.24, 2.45) is 0 Å². The standard InChI is InChI=1S/C22H24N4OS/c27-21(23-14-13-17-8-3-1-4-9-17)19-12-7-15-26(19)22-24-20(25-28-22)16-18-10-5-2-6-11-18/h1-6,8-11,19H,7,12-16H2,(H,23,27)/t19-/m0/s1. The molecule has 1 aromatic heterocycles. The van der Waals surface area contributed by atoms with Gasteiger partial charge in [-0.3, -0.25) is 4.79 Å². The molecule has 1 aliphatic heterocycles. The number of rotatable bonds is 7. The zero-order valence-corrected chi connectivity index (χ0v) is 16.6.